The van der Waals surface area contributed by atoms with Crippen LogP contribution in [0.15, 0.2) is 24.3 Å². The summed E-state index contributed by atoms with van der Waals surface area (Å²) in [5.41, 5.74) is 5.53. The summed E-state index contributed by atoms with van der Waals surface area (Å²) in [6.07, 6.45) is 1.25. The highest BCUT2D eigenvalue weighted by molar-refractivity contribution is 5.78. The lowest BCUT2D eigenvalue weighted by Gasteiger charge is -2.07. The van der Waals surface area contributed by atoms with Crippen LogP contribution in [0.1, 0.15) is 28.1 Å². The molecule has 4 nitrogen and oxygen atoms in total. The summed E-state index contributed by atoms with van der Waals surface area (Å²) in [5.74, 6) is 0.0677. The molecule has 1 heterocycles. The number of hydrogen-bond acceptors (Lipinski definition) is 2. The molecule has 0 atom stereocenters. The molecule has 0 aliphatic heterocycles. The largest absolute Gasteiger partial charge is 0.355 e. The van der Waals surface area contributed by atoms with E-state index in [0.717, 1.165) is 28.9 Å². The van der Waals surface area contributed by atoms with Crippen molar-refractivity contribution in [3.63, 3.8) is 0 Å². The van der Waals surface area contributed by atoms with Gasteiger partial charge in [0.25, 0.3) is 0 Å². The van der Waals surface area contributed by atoms with Crippen LogP contribution in [0.4, 0.5) is 0 Å². The van der Waals surface area contributed by atoms with E-state index < -0.39 is 0 Å². The number of amides is 1. The fraction of sp³-hybridized carbons (Fsp3) is 0.375. The fourth-order valence-corrected chi connectivity index (χ4v) is 2.31. The van der Waals surface area contributed by atoms with Gasteiger partial charge >= 0.3 is 0 Å². The second-order valence-electron chi connectivity index (χ2n) is 5.12. The average molecular weight is 271 g/mol. The van der Waals surface area contributed by atoms with Gasteiger partial charge in [-0.25, -0.2) is 0 Å². The average Bonchev–Trinajstić information content (AvgIpc) is 2.73. The first kappa shape index (κ1) is 14.3. The molecule has 1 amide bonds. The van der Waals surface area contributed by atoms with Gasteiger partial charge in [0.15, 0.2) is 0 Å². The monoisotopic (exact) mass is 271 g/mol. The van der Waals surface area contributed by atoms with Crippen molar-refractivity contribution in [2.75, 3.05) is 6.54 Å². The Kier molecular flexibility index (Phi) is 4.56. The van der Waals surface area contributed by atoms with Crippen molar-refractivity contribution in [3.05, 3.63) is 52.3 Å². The number of aromatic amines is 1. The maximum absolute atomic E-state index is 11.9. The van der Waals surface area contributed by atoms with Gasteiger partial charge in [-0.05, 0) is 43.9 Å². The molecule has 0 saturated heterocycles. The molecule has 0 aliphatic carbocycles. The van der Waals surface area contributed by atoms with Crippen molar-refractivity contribution in [2.45, 2.75) is 33.6 Å². The summed E-state index contributed by atoms with van der Waals surface area (Å²) in [6.45, 7) is 6.66. The highest BCUT2D eigenvalue weighted by Gasteiger charge is 2.08. The SMILES string of the molecule is Cc1ccccc1CC(=O)NCCc1c(C)n[nH]c1C. The Bertz CT molecular complexity index is 582. The van der Waals surface area contributed by atoms with E-state index in [1.54, 1.807) is 0 Å². The lowest BCUT2D eigenvalue weighted by atomic mass is 10.1. The number of rotatable bonds is 5. The smallest absolute Gasteiger partial charge is 0.224 e. The molecule has 1 aromatic carbocycles. The molecule has 106 valence electrons. The summed E-state index contributed by atoms with van der Waals surface area (Å²) in [4.78, 5) is 11.9. The summed E-state index contributed by atoms with van der Waals surface area (Å²) in [7, 11) is 0. The molecule has 0 spiro atoms. The number of aromatic nitrogens is 2. The first-order valence-corrected chi connectivity index (χ1v) is 6.89. The van der Waals surface area contributed by atoms with Crippen LogP contribution in [0.2, 0.25) is 0 Å². The van der Waals surface area contributed by atoms with Crippen molar-refractivity contribution in [2.24, 2.45) is 0 Å². The van der Waals surface area contributed by atoms with Gasteiger partial charge < -0.3 is 5.32 Å². The van der Waals surface area contributed by atoms with Crippen LogP contribution in [0, 0.1) is 20.8 Å². The Morgan fingerprint density at radius 3 is 2.65 bits per heavy atom. The van der Waals surface area contributed by atoms with Crippen molar-refractivity contribution >= 4 is 5.91 Å². The molecule has 20 heavy (non-hydrogen) atoms. The third-order valence-electron chi connectivity index (χ3n) is 3.59. The Morgan fingerprint density at radius 2 is 2.00 bits per heavy atom. The zero-order valence-corrected chi connectivity index (χ0v) is 12.3. The summed E-state index contributed by atoms with van der Waals surface area (Å²) in [6, 6.07) is 7.98. The molecular formula is C16H21N3O. The molecule has 1 aromatic heterocycles. The van der Waals surface area contributed by atoms with Crippen LogP contribution in [-0.4, -0.2) is 22.6 Å². The maximum Gasteiger partial charge on any atom is 0.224 e. The molecule has 0 radical (unpaired) electrons. The van der Waals surface area contributed by atoms with Gasteiger partial charge in [0, 0.05) is 12.2 Å². The predicted molar refractivity (Wildman–Crippen MR) is 79.7 cm³/mol. The van der Waals surface area contributed by atoms with Crippen molar-refractivity contribution < 1.29 is 4.79 Å². The number of carbonyl (C=O) groups excluding carboxylic acids is 1. The van der Waals surface area contributed by atoms with Crippen molar-refractivity contribution in [1.82, 2.24) is 15.5 Å². The number of benzene rings is 1. The highest BCUT2D eigenvalue weighted by atomic mass is 16.1. The Hall–Kier alpha value is -2.10. The number of H-pyrrole nitrogens is 1. The van der Waals surface area contributed by atoms with Crippen LogP contribution >= 0.6 is 0 Å². The first-order chi connectivity index (χ1) is 9.58. The van der Waals surface area contributed by atoms with Gasteiger partial charge in [-0.3, -0.25) is 9.89 Å². The van der Waals surface area contributed by atoms with Crippen LogP contribution in [0.3, 0.4) is 0 Å². The summed E-state index contributed by atoms with van der Waals surface area (Å²) >= 11 is 0. The van der Waals surface area contributed by atoms with E-state index in [0.29, 0.717) is 13.0 Å². The lowest BCUT2D eigenvalue weighted by Crippen LogP contribution is -2.27. The molecule has 2 rings (SSSR count). The highest BCUT2D eigenvalue weighted by Crippen LogP contribution is 2.10. The topological polar surface area (TPSA) is 57.8 Å². The lowest BCUT2D eigenvalue weighted by molar-refractivity contribution is -0.120. The second kappa shape index (κ2) is 6.37. The third-order valence-corrected chi connectivity index (χ3v) is 3.59. The van der Waals surface area contributed by atoms with Crippen molar-refractivity contribution in [3.8, 4) is 0 Å². The number of nitrogens with zero attached hydrogens (tertiary/aromatic N) is 1. The van der Waals surface area contributed by atoms with Gasteiger partial charge in [0.2, 0.25) is 5.91 Å². The number of carbonyl (C=O) groups is 1. The van der Waals surface area contributed by atoms with Crippen LogP contribution in [0.25, 0.3) is 0 Å². The minimum Gasteiger partial charge on any atom is -0.355 e. The minimum absolute atomic E-state index is 0.0677. The molecule has 0 aliphatic rings. The zero-order valence-electron chi connectivity index (χ0n) is 12.3. The predicted octanol–water partition coefficient (Wildman–Crippen LogP) is 2.24. The van der Waals surface area contributed by atoms with E-state index in [2.05, 4.69) is 15.5 Å². The molecule has 0 fully saturated rings. The van der Waals surface area contributed by atoms with Crippen LogP contribution in [-0.2, 0) is 17.6 Å². The van der Waals surface area contributed by atoms with Gasteiger partial charge in [-0.1, -0.05) is 24.3 Å². The maximum atomic E-state index is 11.9. The molecule has 0 unspecified atom stereocenters. The van der Waals surface area contributed by atoms with E-state index in [-0.39, 0.29) is 5.91 Å². The fourth-order valence-electron chi connectivity index (χ4n) is 2.31. The number of hydrogen-bond donors (Lipinski definition) is 2. The van der Waals surface area contributed by atoms with E-state index in [1.165, 1.54) is 5.56 Å². The summed E-state index contributed by atoms with van der Waals surface area (Å²) < 4.78 is 0. The van der Waals surface area contributed by atoms with E-state index in [1.807, 2.05) is 45.0 Å². The Morgan fingerprint density at radius 1 is 1.25 bits per heavy atom. The Labute approximate surface area is 119 Å². The third kappa shape index (κ3) is 3.47. The quantitative estimate of drug-likeness (QED) is 0.876. The van der Waals surface area contributed by atoms with Gasteiger partial charge in [-0.15, -0.1) is 0 Å². The zero-order chi connectivity index (χ0) is 14.5. The van der Waals surface area contributed by atoms with Gasteiger partial charge in [0.05, 0.1) is 12.1 Å². The van der Waals surface area contributed by atoms with E-state index in [4.69, 9.17) is 0 Å². The molecule has 0 saturated carbocycles. The van der Waals surface area contributed by atoms with Crippen LogP contribution < -0.4 is 5.32 Å². The molecule has 4 heteroatoms. The summed E-state index contributed by atoms with van der Waals surface area (Å²) in [5, 5.41) is 10.1. The molecule has 2 N–H and O–H groups in total. The molecule has 0 bridgehead atoms. The number of nitrogens with one attached hydrogen (secondary N) is 2. The second-order valence-corrected chi connectivity index (χ2v) is 5.12. The molecule has 2 aromatic rings. The van der Waals surface area contributed by atoms with E-state index in [9.17, 15) is 4.79 Å². The van der Waals surface area contributed by atoms with Crippen LogP contribution in [0.5, 0.6) is 0 Å². The first-order valence-electron chi connectivity index (χ1n) is 6.89. The normalized spacial score (nSPS) is 10.6. The van der Waals surface area contributed by atoms with Crippen molar-refractivity contribution in [1.29, 1.82) is 0 Å². The standard InChI is InChI=1S/C16H21N3O/c1-11-6-4-5-7-14(11)10-16(20)17-9-8-15-12(2)18-19-13(15)3/h4-7H,8-10H2,1-3H3,(H,17,20)(H,18,19). The van der Waals surface area contributed by atoms with Gasteiger partial charge in [-0.2, -0.15) is 5.10 Å². The minimum atomic E-state index is 0.0677. The number of aryl methyl sites for hydroxylation is 3. The Balaban J connectivity index is 1.83. The van der Waals surface area contributed by atoms with E-state index >= 15 is 0 Å². The molecular weight excluding hydrogens is 250 g/mol. The van der Waals surface area contributed by atoms with Gasteiger partial charge in [0.1, 0.15) is 0 Å².